The van der Waals surface area contributed by atoms with Crippen LogP contribution in [0.15, 0.2) is 6.07 Å². The van der Waals surface area contributed by atoms with E-state index in [1.165, 1.54) is 0 Å². The highest BCUT2D eigenvalue weighted by atomic mass is 16.6. The monoisotopic (exact) mass is 736 g/mol. The zero-order valence-electron chi connectivity index (χ0n) is 34.2. The van der Waals surface area contributed by atoms with Gasteiger partial charge in [-0.2, -0.15) is 5.10 Å². The van der Waals surface area contributed by atoms with Crippen molar-refractivity contribution in [1.82, 2.24) is 36.4 Å². The SMILES string of the molecule is Cc1cc(C)n(C[C@@H](C(=O)N[C@@H](CNC(=O)OC(C)(C)C)C(=O)N[C@@H](CC(C)C)[C@@H](O)C[C@@H](C)C(=O)N[C@H](C(=O)NCC(C)C)C(C)C)C(C)C)n1. The Balaban J connectivity index is 3.22. The molecule has 1 aromatic rings. The number of aliphatic hydroxyl groups is 1. The lowest BCUT2D eigenvalue weighted by Gasteiger charge is -2.31. The number of amides is 5. The molecule has 52 heavy (non-hydrogen) atoms. The Morgan fingerprint density at radius 1 is 0.769 bits per heavy atom. The third-order valence-corrected chi connectivity index (χ3v) is 8.59. The number of alkyl carbamates (subject to hydrolysis) is 1. The molecule has 298 valence electrons. The third-order valence-electron chi connectivity index (χ3n) is 8.59. The standard InChI is InChI=1S/C38H69N7O7/c1-21(2)15-29(31(46)16-25(9)33(47)43-32(24(7)8)36(50)39-18-22(3)4)41-35(49)30(19-40-37(51)52-38(12,13)14)42-34(48)28(23(5)6)20-45-27(11)17-26(10)44-45/h17,21-25,28-32,46H,15-16,18-20H2,1-14H3,(H,39,50)(H,40,51)(H,41,49)(H,42,48)(H,43,47)/t25-,28-,29+,30+,31+,32+/m1/s1. The maximum absolute atomic E-state index is 13.9. The first-order valence-electron chi connectivity index (χ1n) is 18.8. The molecule has 0 radical (unpaired) electrons. The maximum Gasteiger partial charge on any atom is 0.407 e. The summed E-state index contributed by atoms with van der Waals surface area (Å²) in [5, 5.41) is 30.0. The Hall–Kier alpha value is -3.68. The number of aromatic nitrogens is 2. The van der Waals surface area contributed by atoms with Gasteiger partial charge in [-0.3, -0.25) is 23.9 Å². The van der Waals surface area contributed by atoms with Crippen LogP contribution >= 0.6 is 0 Å². The van der Waals surface area contributed by atoms with Crippen molar-refractivity contribution < 1.29 is 33.8 Å². The van der Waals surface area contributed by atoms with Gasteiger partial charge < -0.3 is 36.4 Å². The molecule has 6 atom stereocenters. The Kier molecular flexibility index (Phi) is 18.8. The number of nitrogens with zero attached hydrogens (tertiary/aromatic N) is 2. The number of rotatable bonds is 20. The van der Waals surface area contributed by atoms with Gasteiger partial charge in [0, 0.05) is 18.2 Å². The van der Waals surface area contributed by atoms with Crippen molar-refractivity contribution in [3.05, 3.63) is 17.5 Å². The van der Waals surface area contributed by atoms with Crippen molar-refractivity contribution in [1.29, 1.82) is 0 Å². The molecule has 0 unspecified atom stereocenters. The third kappa shape index (κ3) is 16.8. The highest BCUT2D eigenvalue weighted by Crippen LogP contribution is 2.19. The van der Waals surface area contributed by atoms with Crippen molar-refractivity contribution in [2.24, 2.45) is 35.5 Å². The molecular formula is C38H69N7O7. The van der Waals surface area contributed by atoms with E-state index in [1.54, 1.807) is 32.4 Å². The smallest absolute Gasteiger partial charge is 0.407 e. The first-order chi connectivity index (χ1) is 23.9. The Morgan fingerprint density at radius 3 is 1.87 bits per heavy atom. The van der Waals surface area contributed by atoms with Gasteiger partial charge in [-0.15, -0.1) is 0 Å². The van der Waals surface area contributed by atoms with E-state index in [9.17, 15) is 29.1 Å². The van der Waals surface area contributed by atoms with Gasteiger partial charge in [0.2, 0.25) is 23.6 Å². The summed E-state index contributed by atoms with van der Waals surface area (Å²) in [4.78, 5) is 66.4. The molecule has 5 amide bonds. The number of hydrogen-bond acceptors (Lipinski definition) is 8. The molecule has 0 saturated carbocycles. The minimum Gasteiger partial charge on any atom is -0.444 e. The van der Waals surface area contributed by atoms with Crippen molar-refractivity contribution in [3.63, 3.8) is 0 Å². The average molecular weight is 736 g/mol. The molecule has 6 N–H and O–H groups in total. The average Bonchev–Trinajstić information content (AvgIpc) is 3.32. The molecule has 0 aliphatic heterocycles. The molecule has 14 heteroatoms. The largest absolute Gasteiger partial charge is 0.444 e. The molecule has 0 spiro atoms. The maximum atomic E-state index is 13.9. The van der Waals surface area contributed by atoms with Gasteiger partial charge in [0.15, 0.2) is 0 Å². The highest BCUT2D eigenvalue weighted by Gasteiger charge is 2.34. The van der Waals surface area contributed by atoms with E-state index in [2.05, 4.69) is 31.7 Å². The zero-order chi connectivity index (χ0) is 40.1. The van der Waals surface area contributed by atoms with Gasteiger partial charge in [0.1, 0.15) is 17.7 Å². The van der Waals surface area contributed by atoms with E-state index < -0.39 is 59.6 Å². The topological polar surface area (TPSA) is 193 Å². The molecular weight excluding hydrogens is 666 g/mol. The molecule has 1 aromatic heterocycles. The quantitative estimate of drug-likeness (QED) is 0.117. The summed E-state index contributed by atoms with van der Waals surface area (Å²) in [6, 6.07) is -0.807. The van der Waals surface area contributed by atoms with E-state index in [-0.39, 0.29) is 48.5 Å². The molecule has 1 rings (SSSR count). The van der Waals surface area contributed by atoms with Gasteiger partial charge in [-0.05, 0) is 77.2 Å². The molecule has 0 bridgehead atoms. The second kappa shape index (κ2) is 21.1. The van der Waals surface area contributed by atoms with E-state index >= 15 is 0 Å². The first kappa shape index (κ1) is 46.3. The van der Waals surface area contributed by atoms with Gasteiger partial charge in [0.05, 0.1) is 36.8 Å². The van der Waals surface area contributed by atoms with Crippen molar-refractivity contribution in [2.45, 2.75) is 146 Å². The van der Waals surface area contributed by atoms with Crippen LogP contribution in [0.2, 0.25) is 0 Å². The van der Waals surface area contributed by atoms with E-state index in [0.29, 0.717) is 19.5 Å². The Labute approximate surface area is 311 Å². The van der Waals surface area contributed by atoms with E-state index in [4.69, 9.17) is 4.74 Å². The van der Waals surface area contributed by atoms with Crippen LogP contribution in [0.3, 0.4) is 0 Å². The van der Waals surface area contributed by atoms with Gasteiger partial charge in [0.25, 0.3) is 0 Å². The fourth-order valence-electron chi connectivity index (χ4n) is 5.61. The Bertz CT molecular complexity index is 1320. The van der Waals surface area contributed by atoms with Crippen LogP contribution in [0.25, 0.3) is 0 Å². The predicted molar refractivity (Wildman–Crippen MR) is 202 cm³/mol. The fourth-order valence-corrected chi connectivity index (χ4v) is 5.61. The lowest BCUT2D eigenvalue weighted by molar-refractivity contribution is -0.133. The van der Waals surface area contributed by atoms with Crippen LogP contribution in [0.4, 0.5) is 4.79 Å². The first-order valence-corrected chi connectivity index (χ1v) is 18.8. The summed E-state index contributed by atoms with van der Waals surface area (Å²) < 4.78 is 7.13. The van der Waals surface area contributed by atoms with Crippen LogP contribution in [-0.4, -0.2) is 87.5 Å². The number of aryl methyl sites for hydroxylation is 2. The molecule has 0 fully saturated rings. The second-order valence-electron chi connectivity index (χ2n) is 16.7. The summed E-state index contributed by atoms with van der Waals surface area (Å²) in [5.74, 6) is -2.85. The summed E-state index contributed by atoms with van der Waals surface area (Å²) in [5.41, 5.74) is 0.947. The zero-order valence-corrected chi connectivity index (χ0v) is 34.2. The molecule has 1 heterocycles. The number of nitrogens with one attached hydrogen (secondary N) is 5. The summed E-state index contributed by atoms with van der Waals surface area (Å²) in [6.07, 6.45) is -1.50. The number of ether oxygens (including phenoxy) is 1. The lowest BCUT2D eigenvalue weighted by atomic mass is 9.91. The number of carbonyl (C=O) groups is 5. The predicted octanol–water partition coefficient (Wildman–Crippen LogP) is 3.61. The molecule has 0 aliphatic rings. The number of aliphatic hydroxyl groups excluding tert-OH is 1. The molecule has 0 aromatic carbocycles. The molecule has 0 aliphatic carbocycles. The fraction of sp³-hybridized carbons (Fsp3) is 0.789. The lowest BCUT2D eigenvalue weighted by Crippen LogP contribution is -2.58. The molecule has 0 saturated heterocycles. The number of hydrogen-bond donors (Lipinski definition) is 6. The van der Waals surface area contributed by atoms with Gasteiger partial charge in [-0.1, -0.05) is 62.3 Å². The van der Waals surface area contributed by atoms with Crippen molar-refractivity contribution >= 4 is 29.7 Å². The Morgan fingerprint density at radius 2 is 1.38 bits per heavy atom. The van der Waals surface area contributed by atoms with E-state index in [1.807, 2.05) is 75.3 Å². The van der Waals surface area contributed by atoms with Crippen LogP contribution in [0.5, 0.6) is 0 Å². The summed E-state index contributed by atoms with van der Waals surface area (Å²) >= 11 is 0. The van der Waals surface area contributed by atoms with Crippen molar-refractivity contribution in [3.8, 4) is 0 Å². The van der Waals surface area contributed by atoms with Crippen LogP contribution < -0.4 is 26.6 Å². The van der Waals surface area contributed by atoms with Gasteiger partial charge in [-0.25, -0.2) is 4.79 Å². The normalized spacial score (nSPS) is 15.4. The minimum atomic E-state index is -1.21. The van der Waals surface area contributed by atoms with Crippen LogP contribution in [-0.2, 0) is 30.5 Å². The van der Waals surface area contributed by atoms with Crippen LogP contribution in [0.1, 0.15) is 107 Å². The minimum absolute atomic E-state index is 0.00712. The highest BCUT2D eigenvalue weighted by molar-refractivity contribution is 5.90. The van der Waals surface area contributed by atoms with Gasteiger partial charge >= 0.3 is 6.09 Å². The van der Waals surface area contributed by atoms with E-state index in [0.717, 1.165) is 11.4 Å². The second-order valence-corrected chi connectivity index (χ2v) is 16.7. The number of carbonyl (C=O) groups excluding carboxylic acids is 5. The van der Waals surface area contributed by atoms with Crippen molar-refractivity contribution in [2.75, 3.05) is 13.1 Å². The summed E-state index contributed by atoms with van der Waals surface area (Å²) in [6.45, 7) is 26.5. The molecule has 14 nitrogen and oxygen atoms in total. The van der Waals surface area contributed by atoms with Crippen LogP contribution in [0, 0.1) is 49.4 Å². The summed E-state index contributed by atoms with van der Waals surface area (Å²) in [7, 11) is 0.